The maximum atomic E-state index is 11.4. The van der Waals surface area contributed by atoms with Crippen LogP contribution in [0, 0.1) is 17.0 Å². The van der Waals surface area contributed by atoms with Crippen molar-refractivity contribution in [2.75, 3.05) is 5.32 Å². The second-order valence-electron chi connectivity index (χ2n) is 3.68. The molecule has 1 N–H and O–H groups in total. The van der Waals surface area contributed by atoms with E-state index in [-0.39, 0.29) is 18.5 Å². The van der Waals surface area contributed by atoms with Crippen LogP contribution in [0.1, 0.15) is 18.4 Å². The molecule has 96 valence electrons. The summed E-state index contributed by atoms with van der Waals surface area (Å²) in [6.45, 7) is 1.68. The van der Waals surface area contributed by atoms with Gasteiger partial charge in [-0.2, -0.15) is 0 Å². The van der Waals surface area contributed by atoms with Gasteiger partial charge >= 0.3 is 0 Å². The summed E-state index contributed by atoms with van der Waals surface area (Å²) in [5.41, 5.74) is 0.811. The number of hydrogen-bond acceptors (Lipinski definition) is 5. The Bertz CT molecular complexity index is 498. The van der Waals surface area contributed by atoms with Crippen LogP contribution in [-0.4, -0.2) is 16.8 Å². The van der Waals surface area contributed by atoms with Gasteiger partial charge in [0.25, 0.3) is 5.69 Å². The van der Waals surface area contributed by atoms with Crippen LogP contribution in [-0.2, 0) is 9.59 Å². The fraction of sp³-hybridized carbons (Fsp3) is 0.273. The van der Waals surface area contributed by atoms with E-state index in [4.69, 9.17) is 0 Å². The van der Waals surface area contributed by atoms with Gasteiger partial charge in [-0.25, -0.2) is 0 Å². The summed E-state index contributed by atoms with van der Waals surface area (Å²) in [5.74, 6) is -1.84. The second-order valence-corrected chi connectivity index (χ2v) is 3.68. The SMILES string of the molecule is Cc1ccc([N+](=O)[O-])cc1NC(=O)CCC(=O)[O-]. The van der Waals surface area contributed by atoms with Crippen LogP contribution >= 0.6 is 0 Å². The molecule has 0 saturated heterocycles. The lowest BCUT2D eigenvalue weighted by Crippen LogP contribution is -2.24. The number of hydrogen-bond donors (Lipinski definition) is 1. The number of nitro groups is 1. The number of benzene rings is 1. The van der Waals surface area contributed by atoms with Gasteiger partial charge < -0.3 is 15.2 Å². The molecule has 1 aromatic carbocycles. The first-order valence-electron chi connectivity index (χ1n) is 5.15. The van der Waals surface area contributed by atoms with Gasteiger partial charge in [0.05, 0.1) is 10.6 Å². The molecule has 1 aromatic rings. The Morgan fingerprint density at radius 3 is 2.56 bits per heavy atom. The van der Waals surface area contributed by atoms with Gasteiger partial charge in [-0.1, -0.05) is 6.07 Å². The second kappa shape index (κ2) is 5.76. The van der Waals surface area contributed by atoms with Crippen LogP contribution in [0.4, 0.5) is 11.4 Å². The van der Waals surface area contributed by atoms with Gasteiger partial charge in [-0.3, -0.25) is 14.9 Å². The third-order valence-electron chi connectivity index (χ3n) is 2.26. The topological polar surface area (TPSA) is 112 Å². The van der Waals surface area contributed by atoms with E-state index in [1.54, 1.807) is 6.92 Å². The van der Waals surface area contributed by atoms with E-state index in [9.17, 15) is 24.8 Å². The van der Waals surface area contributed by atoms with Crippen LogP contribution in [0.5, 0.6) is 0 Å². The fourth-order valence-electron chi connectivity index (χ4n) is 1.29. The molecule has 18 heavy (non-hydrogen) atoms. The average molecular weight is 251 g/mol. The molecule has 0 saturated carbocycles. The zero-order valence-corrected chi connectivity index (χ0v) is 9.63. The zero-order chi connectivity index (χ0) is 13.7. The van der Waals surface area contributed by atoms with E-state index in [0.29, 0.717) is 11.3 Å². The predicted molar refractivity (Wildman–Crippen MR) is 60.7 cm³/mol. The molecule has 0 fully saturated rings. The summed E-state index contributed by atoms with van der Waals surface area (Å²) in [7, 11) is 0. The minimum Gasteiger partial charge on any atom is -0.550 e. The lowest BCUT2D eigenvalue weighted by Gasteiger charge is -2.08. The molecule has 1 amide bonds. The Morgan fingerprint density at radius 1 is 1.33 bits per heavy atom. The monoisotopic (exact) mass is 251 g/mol. The first-order valence-corrected chi connectivity index (χ1v) is 5.15. The largest absolute Gasteiger partial charge is 0.550 e. The Morgan fingerprint density at radius 2 is 2.00 bits per heavy atom. The van der Waals surface area contributed by atoms with Gasteiger partial charge in [0.2, 0.25) is 5.91 Å². The summed E-state index contributed by atoms with van der Waals surface area (Å²) in [4.78, 5) is 31.6. The molecule has 0 heterocycles. The molecule has 0 unspecified atom stereocenters. The number of aliphatic carboxylic acids is 1. The number of carbonyl (C=O) groups excluding carboxylic acids is 2. The van der Waals surface area contributed by atoms with E-state index in [1.165, 1.54) is 18.2 Å². The molecule has 0 spiro atoms. The van der Waals surface area contributed by atoms with Crippen molar-refractivity contribution in [1.82, 2.24) is 0 Å². The van der Waals surface area contributed by atoms with Crippen LogP contribution in [0.15, 0.2) is 18.2 Å². The van der Waals surface area contributed by atoms with E-state index >= 15 is 0 Å². The summed E-state index contributed by atoms with van der Waals surface area (Å²) in [6, 6.07) is 4.06. The molecule has 0 radical (unpaired) electrons. The summed E-state index contributed by atoms with van der Waals surface area (Å²) in [6.07, 6.45) is -0.621. The minimum absolute atomic E-state index is 0.143. The van der Waals surface area contributed by atoms with Crippen molar-refractivity contribution in [2.24, 2.45) is 0 Å². The number of carboxylic acid groups (broad SMARTS) is 1. The number of carboxylic acids is 1. The average Bonchev–Trinajstić information content (AvgIpc) is 2.29. The van der Waals surface area contributed by atoms with Gasteiger partial charge in [-0.05, 0) is 18.9 Å². The maximum absolute atomic E-state index is 11.4. The van der Waals surface area contributed by atoms with Gasteiger partial charge in [0.15, 0.2) is 0 Å². The van der Waals surface area contributed by atoms with E-state index < -0.39 is 16.8 Å². The molecule has 7 heteroatoms. The smallest absolute Gasteiger partial charge is 0.271 e. The highest BCUT2D eigenvalue weighted by molar-refractivity contribution is 5.93. The highest BCUT2D eigenvalue weighted by atomic mass is 16.6. The van der Waals surface area contributed by atoms with Crippen LogP contribution < -0.4 is 10.4 Å². The predicted octanol–water partition coefficient (Wildman–Crippen LogP) is 0.372. The zero-order valence-electron chi connectivity index (χ0n) is 9.63. The van der Waals surface area contributed by atoms with Crippen molar-refractivity contribution in [2.45, 2.75) is 19.8 Å². The van der Waals surface area contributed by atoms with E-state index in [0.717, 1.165) is 0 Å². The first kappa shape index (κ1) is 13.6. The van der Waals surface area contributed by atoms with Crippen LogP contribution in [0.2, 0.25) is 0 Å². The number of amides is 1. The number of carbonyl (C=O) groups is 2. The number of rotatable bonds is 5. The van der Waals surface area contributed by atoms with Crippen molar-refractivity contribution < 1.29 is 19.6 Å². The van der Waals surface area contributed by atoms with Gasteiger partial charge in [-0.15, -0.1) is 0 Å². The standard InChI is InChI=1S/C11H12N2O5/c1-7-2-3-8(13(17)18)6-9(7)12-10(14)4-5-11(15)16/h2-3,6H,4-5H2,1H3,(H,12,14)(H,15,16)/p-1. The fourth-order valence-corrected chi connectivity index (χ4v) is 1.29. The third kappa shape index (κ3) is 3.85. The summed E-state index contributed by atoms with van der Waals surface area (Å²) < 4.78 is 0. The van der Waals surface area contributed by atoms with Crippen molar-refractivity contribution in [3.05, 3.63) is 33.9 Å². The Labute approximate surface area is 103 Å². The molecule has 0 aliphatic rings. The Balaban J connectivity index is 2.77. The molecular formula is C11H11N2O5-. The Kier molecular flexibility index (Phi) is 4.36. The third-order valence-corrected chi connectivity index (χ3v) is 2.26. The molecule has 0 aliphatic heterocycles. The van der Waals surface area contributed by atoms with Crippen molar-refractivity contribution >= 4 is 23.3 Å². The maximum Gasteiger partial charge on any atom is 0.271 e. The molecule has 7 nitrogen and oxygen atoms in total. The molecular weight excluding hydrogens is 240 g/mol. The molecule has 1 rings (SSSR count). The number of anilines is 1. The number of nitrogens with zero attached hydrogens (tertiary/aromatic N) is 1. The van der Waals surface area contributed by atoms with Crippen molar-refractivity contribution in [3.8, 4) is 0 Å². The van der Waals surface area contributed by atoms with Crippen molar-refractivity contribution in [3.63, 3.8) is 0 Å². The van der Waals surface area contributed by atoms with Gasteiger partial charge in [0.1, 0.15) is 0 Å². The van der Waals surface area contributed by atoms with E-state index in [2.05, 4.69) is 5.32 Å². The quantitative estimate of drug-likeness (QED) is 0.600. The van der Waals surface area contributed by atoms with Crippen LogP contribution in [0.3, 0.4) is 0 Å². The molecule has 0 aromatic heterocycles. The highest BCUT2D eigenvalue weighted by Crippen LogP contribution is 2.21. The van der Waals surface area contributed by atoms with E-state index in [1.807, 2.05) is 0 Å². The summed E-state index contributed by atoms with van der Waals surface area (Å²) >= 11 is 0. The first-order chi connectivity index (χ1) is 8.40. The Hall–Kier alpha value is -2.44. The highest BCUT2D eigenvalue weighted by Gasteiger charge is 2.10. The molecule has 0 atom stereocenters. The number of non-ortho nitro benzene ring substituents is 1. The number of aryl methyl sites for hydroxylation is 1. The number of nitrogens with one attached hydrogen (secondary N) is 1. The molecule has 0 aliphatic carbocycles. The van der Waals surface area contributed by atoms with Crippen molar-refractivity contribution in [1.29, 1.82) is 0 Å². The van der Waals surface area contributed by atoms with Gasteiger partial charge in [0, 0.05) is 24.5 Å². The normalized spacial score (nSPS) is 9.83. The lowest BCUT2D eigenvalue weighted by atomic mass is 10.1. The minimum atomic E-state index is -1.32. The molecule has 0 bridgehead atoms. The lowest BCUT2D eigenvalue weighted by molar-refractivity contribution is -0.384. The van der Waals surface area contributed by atoms with Crippen LogP contribution in [0.25, 0.3) is 0 Å². The summed E-state index contributed by atoms with van der Waals surface area (Å²) in [5, 5.41) is 23.2. The number of nitro benzene ring substituents is 1.